The average molecular weight is 208 g/mol. The van der Waals surface area contributed by atoms with Crippen LogP contribution in [0.25, 0.3) is 0 Å². The number of benzene rings is 1. The predicted octanol–water partition coefficient (Wildman–Crippen LogP) is 1.40. The summed E-state index contributed by atoms with van der Waals surface area (Å²) in [7, 11) is 1.58. The van der Waals surface area contributed by atoms with Gasteiger partial charge in [-0.25, -0.2) is 0 Å². The van der Waals surface area contributed by atoms with Crippen molar-refractivity contribution in [1.82, 2.24) is 0 Å². The lowest BCUT2D eigenvalue weighted by Crippen LogP contribution is -2.12. The predicted molar refractivity (Wildman–Crippen MR) is 56.6 cm³/mol. The highest BCUT2D eigenvalue weighted by Gasteiger charge is 2.02. The van der Waals surface area contributed by atoms with Gasteiger partial charge in [-0.2, -0.15) is 0 Å². The number of nitrogens with one attached hydrogen (secondary N) is 1. The topological polar surface area (TPSA) is 70.9 Å². The fourth-order valence-electron chi connectivity index (χ4n) is 1.18. The zero-order valence-corrected chi connectivity index (χ0v) is 8.52. The van der Waals surface area contributed by atoms with Crippen molar-refractivity contribution in [3.05, 3.63) is 23.8 Å². The molecule has 15 heavy (non-hydrogen) atoms. The van der Waals surface area contributed by atoms with Gasteiger partial charge in [0.05, 0.1) is 7.11 Å². The molecule has 80 valence electrons. The van der Waals surface area contributed by atoms with E-state index in [0.29, 0.717) is 5.69 Å². The molecule has 0 aliphatic rings. The van der Waals surface area contributed by atoms with Crippen molar-refractivity contribution in [3.8, 4) is 5.75 Å². The number of amides is 1. The number of methoxy groups -OCH3 is 1. The molecule has 1 rings (SSSR count). The molecule has 5 heteroatoms. The van der Waals surface area contributed by atoms with Crippen molar-refractivity contribution in [2.24, 2.45) is 5.16 Å². The minimum absolute atomic E-state index is 0.484. The third-order valence-electron chi connectivity index (χ3n) is 1.84. The van der Waals surface area contributed by atoms with Gasteiger partial charge in [-0.15, -0.1) is 0 Å². The summed E-state index contributed by atoms with van der Waals surface area (Å²) in [6, 6.07) is 5.22. The normalized spacial score (nSPS) is 10.3. The molecule has 0 atom stereocenters. The van der Waals surface area contributed by atoms with Crippen LogP contribution in [0.5, 0.6) is 5.75 Å². The minimum Gasteiger partial charge on any atom is -0.496 e. The second-order valence-electron chi connectivity index (χ2n) is 2.92. The summed E-state index contributed by atoms with van der Waals surface area (Å²) in [5.74, 6) is 0.269. The van der Waals surface area contributed by atoms with E-state index in [-0.39, 0.29) is 0 Å². The zero-order valence-electron chi connectivity index (χ0n) is 8.52. The largest absolute Gasteiger partial charge is 0.496 e. The highest BCUT2D eigenvalue weighted by Crippen LogP contribution is 2.21. The second-order valence-corrected chi connectivity index (χ2v) is 2.92. The van der Waals surface area contributed by atoms with E-state index < -0.39 is 5.91 Å². The summed E-state index contributed by atoms with van der Waals surface area (Å²) < 4.78 is 5.07. The van der Waals surface area contributed by atoms with E-state index >= 15 is 0 Å². The molecule has 0 aliphatic carbocycles. The number of hydrogen-bond acceptors (Lipinski definition) is 4. The van der Waals surface area contributed by atoms with E-state index in [2.05, 4.69) is 10.5 Å². The molecule has 0 saturated carbocycles. The van der Waals surface area contributed by atoms with Crippen molar-refractivity contribution in [2.45, 2.75) is 6.92 Å². The Morgan fingerprint density at radius 3 is 2.87 bits per heavy atom. The summed E-state index contributed by atoms with van der Waals surface area (Å²) in [5, 5.41) is 13.3. The molecule has 5 nitrogen and oxygen atoms in total. The van der Waals surface area contributed by atoms with E-state index in [1.165, 1.54) is 0 Å². The molecule has 1 amide bonds. The summed E-state index contributed by atoms with van der Waals surface area (Å²) in [6.45, 7) is 1.87. The van der Waals surface area contributed by atoms with Crippen LogP contribution in [-0.4, -0.2) is 24.4 Å². The first-order valence-electron chi connectivity index (χ1n) is 4.30. The van der Waals surface area contributed by atoms with Gasteiger partial charge in [0.15, 0.2) is 0 Å². The third kappa shape index (κ3) is 2.98. The molecule has 0 unspecified atom stereocenters. The van der Waals surface area contributed by atoms with Gasteiger partial charge in [0, 0.05) is 5.69 Å². The maximum Gasteiger partial charge on any atom is 0.270 e. The maximum atomic E-state index is 11.0. The lowest BCUT2D eigenvalue weighted by Gasteiger charge is -2.07. The molecule has 0 bridgehead atoms. The number of rotatable bonds is 3. The number of ether oxygens (including phenoxy) is 1. The van der Waals surface area contributed by atoms with Crippen LogP contribution in [-0.2, 0) is 4.79 Å². The smallest absolute Gasteiger partial charge is 0.270 e. The molecule has 2 N–H and O–H groups in total. The van der Waals surface area contributed by atoms with E-state index in [9.17, 15) is 4.79 Å². The summed E-state index contributed by atoms with van der Waals surface area (Å²) >= 11 is 0. The Kier molecular flexibility index (Phi) is 3.68. The average Bonchev–Trinajstić information content (AvgIpc) is 2.18. The van der Waals surface area contributed by atoms with Crippen LogP contribution in [0.3, 0.4) is 0 Å². The van der Waals surface area contributed by atoms with Crippen molar-refractivity contribution in [3.63, 3.8) is 0 Å². The molecule has 1 aromatic rings. The SMILES string of the molecule is COc1ccc(NC(=O)/C=N\O)cc1C. The Hall–Kier alpha value is -2.04. The molecule has 0 aliphatic heterocycles. The van der Waals surface area contributed by atoms with Gasteiger partial charge in [-0.3, -0.25) is 4.79 Å². The third-order valence-corrected chi connectivity index (χ3v) is 1.84. The van der Waals surface area contributed by atoms with E-state index in [4.69, 9.17) is 9.94 Å². The Labute approximate surface area is 87.4 Å². The van der Waals surface area contributed by atoms with Crippen molar-refractivity contribution in [1.29, 1.82) is 0 Å². The van der Waals surface area contributed by atoms with Gasteiger partial charge in [-0.1, -0.05) is 5.16 Å². The molecular formula is C10H12N2O3. The second kappa shape index (κ2) is 4.99. The molecular weight excluding hydrogens is 196 g/mol. The van der Waals surface area contributed by atoms with Crippen LogP contribution in [0.1, 0.15) is 5.56 Å². The Balaban J connectivity index is 2.79. The van der Waals surface area contributed by atoms with Crippen molar-refractivity contribution >= 4 is 17.8 Å². The molecule has 0 aromatic heterocycles. The first kappa shape index (κ1) is 11.0. The Morgan fingerprint density at radius 2 is 2.33 bits per heavy atom. The number of oxime groups is 1. The Bertz CT molecular complexity index is 388. The van der Waals surface area contributed by atoms with E-state index in [1.807, 2.05) is 6.92 Å². The molecule has 1 aromatic carbocycles. The van der Waals surface area contributed by atoms with Gasteiger partial charge in [0.2, 0.25) is 0 Å². The van der Waals surface area contributed by atoms with E-state index in [1.54, 1.807) is 25.3 Å². The van der Waals surface area contributed by atoms with Gasteiger partial charge < -0.3 is 15.3 Å². The van der Waals surface area contributed by atoms with Crippen LogP contribution < -0.4 is 10.1 Å². The molecule has 0 heterocycles. The van der Waals surface area contributed by atoms with Gasteiger partial charge in [-0.05, 0) is 30.7 Å². The van der Waals surface area contributed by atoms with Crippen LogP contribution >= 0.6 is 0 Å². The van der Waals surface area contributed by atoms with Crippen LogP contribution in [0.4, 0.5) is 5.69 Å². The Morgan fingerprint density at radius 1 is 1.60 bits per heavy atom. The van der Waals surface area contributed by atoms with E-state index in [0.717, 1.165) is 17.5 Å². The standard InChI is InChI=1S/C10H12N2O3/c1-7-5-8(3-4-9(7)15-2)12-10(13)6-11-14/h3-6,14H,1-2H3,(H,12,13)/b11-6-. The number of nitrogens with zero attached hydrogens (tertiary/aromatic N) is 1. The number of aryl methyl sites for hydroxylation is 1. The molecule has 0 spiro atoms. The number of carbonyl (C=O) groups is 1. The summed E-state index contributed by atoms with van der Waals surface area (Å²) in [6.07, 6.45) is 0.791. The number of hydrogen-bond donors (Lipinski definition) is 2. The van der Waals surface area contributed by atoms with Gasteiger partial charge in [0.25, 0.3) is 5.91 Å². The van der Waals surface area contributed by atoms with Crippen LogP contribution in [0, 0.1) is 6.92 Å². The molecule has 0 fully saturated rings. The first-order valence-corrected chi connectivity index (χ1v) is 4.30. The maximum absolute atomic E-state index is 11.0. The first-order chi connectivity index (χ1) is 7.17. The lowest BCUT2D eigenvalue weighted by atomic mass is 10.2. The minimum atomic E-state index is -0.484. The highest BCUT2D eigenvalue weighted by atomic mass is 16.5. The number of carbonyl (C=O) groups excluding carboxylic acids is 1. The van der Waals surface area contributed by atoms with Gasteiger partial charge in [0.1, 0.15) is 12.0 Å². The fourth-order valence-corrected chi connectivity index (χ4v) is 1.18. The number of anilines is 1. The van der Waals surface area contributed by atoms with Crippen LogP contribution in [0.2, 0.25) is 0 Å². The van der Waals surface area contributed by atoms with Gasteiger partial charge >= 0.3 is 0 Å². The monoisotopic (exact) mass is 208 g/mol. The summed E-state index contributed by atoms with van der Waals surface area (Å²) in [5.41, 5.74) is 1.54. The quantitative estimate of drug-likeness (QED) is 0.448. The van der Waals surface area contributed by atoms with Crippen LogP contribution in [0.15, 0.2) is 23.4 Å². The highest BCUT2D eigenvalue weighted by molar-refractivity contribution is 6.31. The zero-order chi connectivity index (χ0) is 11.3. The van der Waals surface area contributed by atoms with Crippen molar-refractivity contribution < 1.29 is 14.7 Å². The molecule has 0 saturated heterocycles. The summed E-state index contributed by atoms with van der Waals surface area (Å²) in [4.78, 5) is 11.0. The van der Waals surface area contributed by atoms with Crippen molar-refractivity contribution in [2.75, 3.05) is 12.4 Å². The molecule has 0 radical (unpaired) electrons. The lowest BCUT2D eigenvalue weighted by molar-refractivity contribution is -0.110. The fraction of sp³-hybridized carbons (Fsp3) is 0.200.